The summed E-state index contributed by atoms with van der Waals surface area (Å²) in [5, 5.41) is 18.4. The van der Waals surface area contributed by atoms with E-state index in [1.807, 2.05) is 30.3 Å². The number of benzene rings is 2. The number of sulfonamides is 1. The summed E-state index contributed by atoms with van der Waals surface area (Å²) in [6.45, 7) is -0.710. The number of carboxylic acids is 1. The van der Waals surface area contributed by atoms with Crippen molar-refractivity contribution in [2.24, 2.45) is 0 Å². The van der Waals surface area contributed by atoms with Crippen molar-refractivity contribution in [3.63, 3.8) is 0 Å². The summed E-state index contributed by atoms with van der Waals surface area (Å²) in [6, 6.07) is 14.1. The molecule has 1 atom stereocenters. The number of amides is 1. The Morgan fingerprint density at radius 2 is 1.48 bits per heavy atom. The molecule has 2 aromatic rings. The predicted molar refractivity (Wildman–Crippen MR) is 96.8 cm³/mol. The lowest BCUT2D eigenvalue weighted by molar-refractivity contribution is -0.142. The Hall–Kier alpha value is -2.91. The molecule has 8 nitrogen and oxygen atoms in total. The first-order chi connectivity index (χ1) is 12.8. The van der Waals surface area contributed by atoms with Crippen LogP contribution in [-0.4, -0.2) is 65.6 Å². The summed E-state index contributed by atoms with van der Waals surface area (Å²) in [5.41, 5.74) is 1.76. The number of nitrogens with zero attached hydrogens (tertiary/aromatic N) is 2. The van der Waals surface area contributed by atoms with E-state index in [1.165, 1.54) is 12.1 Å². The molecule has 1 aliphatic heterocycles. The van der Waals surface area contributed by atoms with E-state index in [2.05, 4.69) is 0 Å². The van der Waals surface area contributed by atoms with Crippen molar-refractivity contribution < 1.29 is 28.2 Å². The Morgan fingerprint density at radius 1 is 0.889 bits per heavy atom. The smallest absolute Gasteiger partial charge is 0.407 e. The third-order valence-electron chi connectivity index (χ3n) is 4.45. The van der Waals surface area contributed by atoms with Gasteiger partial charge in [-0.15, -0.1) is 0 Å². The van der Waals surface area contributed by atoms with Gasteiger partial charge in [-0.05, 0) is 23.3 Å². The van der Waals surface area contributed by atoms with Gasteiger partial charge in [0.2, 0.25) is 10.0 Å². The van der Waals surface area contributed by atoms with Crippen molar-refractivity contribution in [3.8, 4) is 11.1 Å². The maximum atomic E-state index is 12.9. The molecule has 1 saturated heterocycles. The van der Waals surface area contributed by atoms with Crippen LogP contribution in [-0.2, 0) is 14.8 Å². The number of rotatable bonds is 4. The predicted octanol–water partition coefficient (Wildman–Crippen LogP) is 1.79. The first kappa shape index (κ1) is 18.9. The van der Waals surface area contributed by atoms with Crippen LogP contribution in [0.2, 0.25) is 0 Å². The maximum Gasteiger partial charge on any atom is 0.407 e. The number of carboxylic acid groups (broad SMARTS) is 2. The SMILES string of the molecule is O=C(O)[C@H]1CN(C(=O)O)CCN1S(=O)(=O)c1ccc(-c2ccccc2)cc1. The summed E-state index contributed by atoms with van der Waals surface area (Å²) in [6.07, 6.45) is -1.27. The van der Waals surface area contributed by atoms with E-state index in [-0.39, 0.29) is 18.0 Å². The summed E-state index contributed by atoms with van der Waals surface area (Å²) < 4.78 is 26.7. The number of carbonyl (C=O) groups is 2. The van der Waals surface area contributed by atoms with Gasteiger partial charge >= 0.3 is 12.1 Å². The molecule has 3 rings (SSSR count). The topological polar surface area (TPSA) is 115 Å². The van der Waals surface area contributed by atoms with Crippen molar-refractivity contribution >= 4 is 22.1 Å². The zero-order valence-corrected chi connectivity index (χ0v) is 15.0. The average Bonchev–Trinajstić information content (AvgIpc) is 2.68. The van der Waals surface area contributed by atoms with Gasteiger partial charge in [0.15, 0.2) is 0 Å². The van der Waals surface area contributed by atoms with Crippen LogP contribution in [0, 0.1) is 0 Å². The van der Waals surface area contributed by atoms with Crippen LogP contribution < -0.4 is 0 Å². The average molecular weight is 390 g/mol. The largest absolute Gasteiger partial charge is 0.480 e. The molecule has 9 heteroatoms. The Kier molecular flexibility index (Phi) is 5.15. The number of aliphatic carboxylic acids is 1. The fourth-order valence-electron chi connectivity index (χ4n) is 3.01. The fraction of sp³-hybridized carbons (Fsp3) is 0.222. The Bertz CT molecular complexity index is 944. The van der Waals surface area contributed by atoms with Gasteiger partial charge in [0.1, 0.15) is 6.04 Å². The zero-order valence-electron chi connectivity index (χ0n) is 14.2. The molecular formula is C18H18N2O6S. The molecule has 1 heterocycles. The highest BCUT2D eigenvalue weighted by Crippen LogP contribution is 2.25. The first-order valence-corrected chi connectivity index (χ1v) is 9.63. The van der Waals surface area contributed by atoms with E-state index in [9.17, 15) is 23.1 Å². The third-order valence-corrected chi connectivity index (χ3v) is 6.38. The van der Waals surface area contributed by atoms with Gasteiger partial charge in [-0.3, -0.25) is 4.79 Å². The minimum absolute atomic E-state index is 0.0304. The maximum absolute atomic E-state index is 12.9. The highest BCUT2D eigenvalue weighted by Gasteiger charge is 2.41. The van der Waals surface area contributed by atoms with Gasteiger partial charge in [0.25, 0.3) is 0 Å². The lowest BCUT2D eigenvalue weighted by atomic mass is 10.1. The molecule has 0 spiro atoms. The van der Waals surface area contributed by atoms with E-state index >= 15 is 0 Å². The molecule has 1 fully saturated rings. The zero-order chi connectivity index (χ0) is 19.6. The van der Waals surface area contributed by atoms with E-state index < -0.39 is 34.7 Å². The Morgan fingerprint density at radius 3 is 2.04 bits per heavy atom. The van der Waals surface area contributed by atoms with E-state index in [4.69, 9.17) is 5.11 Å². The van der Waals surface area contributed by atoms with Crippen LogP contribution in [0.5, 0.6) is 0 Å². The van der Waals surface area contributed by atoms with Gasteiger partial charge in [-0.2, -0.15) is 4.31 Å². The molecule has 142 valence electrons. The standard InChI is InChI=1S/C18H18N2O6S/c21-17(22)16-12-19(18(23)24)10-11-20(16)27(25,26)15-8-6-14(7-9-15)13-4-2-1-3-5-13/h1-9,16H,10-12H2,(H,21,22)(H,23,24)/t16-/m1/s1. The second-order valence-corrected chi connectivity index (χ2v) is 7.98. The molecular weight excluding hydrogens is 372 g/mol. The Labute approximate surface area is 156 Å². The first-order valence-electron chi connectivity index (χ1n) is 8.18. The Balaban J connectivity index is 1.89. The molecule has 1 amide bonds. The minimum Gasteiger partial charge on any atom is -0.480 e. The third kappa shape index (κ3) is 3.79. The van der Waals surface area contributed by atoms with Crippen LogP contribution in [0.4, 0.5) is 4.79 Å². The highest BCUT2D eigenvalue weighted by molar-refractivity contribution is 7.89. The van der Waals surface area contributed by atoms with Crippen molar-refractivity contribution in [2.75, 3.05) is 19.6 Å². The lowest BCUT2D eigenvalue weighted by Gasteiger charge is -2.37. The number of piperazine rings is 1. The van der Waals surface area contributed by atoms with Crippen molar-refractivity contribution in [3.05, 3.63) is 54.6 Å². The van der Waals surface area contributed by atoms with Gasteiger partial charge in [-0.1, -0.05) is 42.5 Å². The molecule has 2 N–H and O–H groups in total. The number of hydrogen-bond acceptors (Lipinski definition) is 4. The summed E-state index contributed by atoms with van der Waals surface area (Å²) in [7, 11) is -4.07. The van der Waals surface area contributed by atoms with Crippen LogP contribution in [0.1, 0.15) is 0 Å². The molecule has 0 radical (unpaired) electrons. The van der Waals surface area contributed by atoms with Gasteiger partial charge in [0, 0.05) is 13.1 Å². The molecule has 0 bridgehead atoms. The summed E-state index contributed by atoms with van der Waals surface area (Å²) in [5.74, 6) is -1.38. The summed E-state index contributed by atoms with van der Waals surface area (Å²) >= 11 is 0. The van der Waals surface area contributed by atoms with Crippen molar-refractivity contribution in [2.45, 2.75) is 10.9 Å². The highest BCUT2D eigenvalue weighted by atomic mass is 32.2. The van der Waals surface area contributed by atoms with Gasteiger partial charge in [0.05, 0.1) is 11.4 Å². The molecule has 0 saturated carbocycles. The van der Waals surface area contributed by atoms with Gasteiger partial charge in [-0.25, -0.2) is 13.2 Å². The normalized spacial score (nSPS) is 18.2. The second-order valence-electron chi connectivity index (χ2n) is 6.09. The van der Waals surface area contributed by atoms with E-state index in [0.29, 0.717) is 0 Å². The number of hydrogen-bond donors (Lipinski definition) is 2. The molecule has 1 aliphatic rings. The van der Waals surface area contributed by atoms with Crippen LogP contribution >= 0.6 is 0 Å². The van der Waals surface area contributed by atoms with E-state index in [1.54, 1.807) is 12.1 Å². The van der Waals surface area contributed by atoms with Crippen molar-refractivity contribution in [1.29, 1.82) is 0 Å². The van der Waals surface area contributed by atoms with Crippen LogP contribution in [0.15, 0.2) is 59.5 Å². The van der Waals surface area contributed by atoms with Crippen LogP contribution in [0.25, 0.3) is 11.1 Å². The van der Waals surface area contributed by atoms with Crippen molar-refractivity contribution in [1.82, 2.24) is 9.21 Å². The fourth-order valence-corrected chi connectivity index (χ4v) is 4.58. The molecule has 0 unspecified atom stereocenters. The molecule has 0 aromatic heterocycles. The van der Waals surface area contributed by atoms with E-state index in [0.717, 1.165) is 20.3 Å². The minimum atomic E-state index is -4.07. The molecule has 0 aliphatic carbocycles. The molecule has 27 heavy (non-hydrogen) atoms. The monoisotopic (exact) mass is 390 g/mol. The quantitative estimate of drug-likeness (QED) is 0.822. The lowest BCUT2D eigenvalue weighted by Crippen LogP contribution is -2.59. The van der Waals surface area contributed by atoms with Gasteiger partial charge < -0.3 is 15.1 Å². The van der Waals surface area contributed by atoms with Crippen LogP contribution in [0.3, 0.4) is 0 Å². The summed E-state index contributed by atoms with van der Waals surface area (Å²) in [4.78, 5) is 23.5. The molecule has 2 aromatic carbocycles. The second kappa shape index (κ2) is 7.37.